The van der Waals surface area contributed by atoms with E-state index in [9.17, 15) is 5.11 Å². The van der Waals surface area contributed by atoms with Crippen LogP contribution in [0.15, 0.2) is 40.9 Å². The van der Waals surface area contributed by atoms with E-state index in [-0.39, 0.29) is 0 Å². The van der Waals surface area contributed by atoms with Crippen LogP contribution in [0.25, 0.3) is 0 Å². The minimum atomic E-state index is -0.709. The molecule has 0 saturated carbocycles. The molecule has 1 unspecified atom stereocenters. The van der Waals surface area contributed by atoms with Crippen LogP contribution in [-0.2, 0) is 0 Å². The molecule has 2 rings (SSSR count). The first-order valence-electron chi connectivity index (χ1n) is 5.91. The van der Waals surface area contributed by atoms with Crippen LogP contribution in [-0.4, -0.2) is 19.3 Å². The fourth-order valence-corrected chi connectivity index (χ4v) is 2.94. The van der Waals surface area contributed by atoms with Gasteiger partial charge in [-0.3, -0.25) is 0 Å². The molecule has 0 aromatic heterocycles. The minimum absolute atomic E-state index is 0.606. The molecule has 0 aliphatic heterocycles. The Morgan fingerprint density at radius 2 is 1.75 bits per heavy atom. The van der Waals surface area contributed by atoms with Gasteiger partial charge in [-0.25, -0.2) is 0 Å². The topological polar surface area (TPSA) is 38.7 Å². The second-order valence-corrected chi connectivity index (χ2v) is 6.26. The van der Waals surface area contributed by atoms with Crippen molar-refractivity contribution in [1.29, 1.82) is 0 Å². The monoisotopic (exact) mass is 448 g/mol. The second kappa shape index (κ2) is 6.78. The lowest BCUT2D eigenvalue weighted by molar-refractivity contribution is 0.218. The molecule has 0 spiro atoms. The van der Waals surface area contributed by atoms with E-state index in [1.165, 1.54) is 0 Å². The predicted molar refractivity (Wildman–Crippen MR) is 90.5 cm³/mol. The molecule has 0 fully saturated rings. The van der Waals surface area contributed by atoms with Crippen molar-refractivity contribution < 1.29 is 14.6 Å². The summed E-state index contributed by atoms with van der Waals surface area (Å²) < 4.78 is 12.4. The van der Waals surface area contributed by atoms with Crippen LogP contribution in [0, 0.1) is 3.57 Å². The molecule has 20 heavy (non-hydrogen) atoms. The lowest BCUT2D eigenvalue weighted by atomic mass is 10.0. The van der Waals surface area contributed by atoms with Gasteiger partial charge in [0.25, 0.3) is 0 Å². The zero-order chi connectivity index (χ0) is 14.7. The van der Waals surface area contributed by atoms with E-state index in [0.29, 0.717) is 11.5 Å². The number of benzene rings is 2. The molecule has 0 saturated heterocycles. The van der Waals surface area contributed by atoms with Crippen molar-refractivity contribution >= 4 is 38.5 Å². The Labute approximate surface area is 140 Å². The van der Waals surface area contributed by atoms with Crippen LogP contribution < -0.4 is 9.47 Å². The molecule has 0 heterocycles. The summed E-state index contributed by atoms with van der Waals surface area (Å²) in [7, 11) is 3.17. The summed E-state index contributed by atoms with van der Waals surface area (Å²) in [5, 5.41) is 10.6. The SMILES string of the molecule is COc1ccc(C(O)c2cc(Br)ccc2I)cc1OC. The van der Waals surface area contributed by atoms with Crippen molar-refractivity contribution in [3.05, 3.63) is 55.6 Å². The Morgan fingerprint density at radius 3 is 2.40 bits per heavy atom. The third-order valence-electron chi connectivity index (χ3n) is 2.98. The van der Waals surface area contributed by atoms with Gasteiger partial charge in [0.1, 0.15) is 6.10 Å². The number of ether oxygens (including phenoxy) is 2. The van der Waals surface area contributed by atoms with E-state index in [0.717, 1.165) is 19.2 Å². The van der Waals surface area contributed by atoms with E-state index in [4.69, 9.17) is 9.47 Å². The lowest BCUT2D eigenvalue weighted by Crippen LogP contribution is -2.03. The average molecular weight is 449 g/mol. The smallest absolute Gasteiger partial charge is 0.161 e. The Kier molecular flexibility index (Phi) is 5.29. The molecule has 106 valence electrons. The second-order valence-electron chi connectivity index (χ2n) is 4.18. The van der Waals surface area contributed by atoms with Crippen LogP contribution >= 0.6 is 38.5 Å². The van der Waals surface area contributed by atoms with Crippen molar-refractivity contribution in [3.8, 4) is 11.5 Å². The van der Waals surface area contributed by atoms with Crippen LogP contribution in [0.3, 0.4) is 0 Å². The highest BCUT2D eigenvalue weighted by Crippen LogP contribution is 2.34. The van der Waals surface area contributed by atoms with Crippen molar-refractivity contribution in [2.24, 2.45) is 0 Å². The van der Waals surface area contributed by atoms with Crippen LogP contribution in [0.4, 0.5) is 0 Å². The quantitative estimate of drug-likeness (QED) is 0.714. The zero-order valence-electron chi connectivity index (χ0n) is 11.1. The highest BCUT2D eigenvalue weighted by molar-refractivity contribution is 14.1. The molecule has 2 aromatic carbocycles. The Morgan fingerprint density at radius 1 is 1.05 bits per heavy atom. The molecule has 0 aliphatic rings. The molecule has 0 amide bonds. The summed E-state index contributed by atoms with van der Waals surface area (Å²) in [6, 6.07) is 11.3. The van der Waals surface area contributed by atoms with E-state index in [1.54, 1.807) is 26.4 Å². The van der Waals surface area contributed by atoms with Crippen molar-refractivity contribution in [2.45, 2.75) is 6.10 Å². The summed E-state index contributed by atoms with van der Waals surface area (Å²) in [5.74, 6) is 1.25. The third kappa shape index (κ3) is 3.27. The zero-order valence-corrected chi connectivity index (χ0v) is 14.8. The van der Waals surface area contributed by atoms with Gasteiger partial charge >= 0.3 is 0 Å². The van der Waals surface area contributed by atoms with Gasteiger partial charge in [-0.2, -0.15) is 0 Å². The third-order valence-corrected chi connectivity index (χ3v) is 4.45. The molecule has 0 aliphatic carbocycles. The van der Waals surface area contributed by atoms with Crippen LogP contribution in [0.2, 0.25) is 0 Å². The maximum atomic E-state index is 10.6. The number of hydrogen-bond acceptors (Lipinski definition) is 3. The summed E-state index contributed by atoms with van der Waals surface area (Å²) in [5.41, 5.74) is 1.62. The Bertz CT molecular complexity index is 616. The molecule has 5 heteroatoms. The standard InChI is InChI=1S/C15H14BrIO3/c1-19-13-6-3-9(7-14(13)20-2)15(18)11-8-10(16)4-5-12(11)17/h3-8,15,18H,1-2H3. The van der Waals surface area contributed by atoms with Gasteiger partial charge < -0.3 is 14.6 Å². The average Bonchev–Trinajstić information content (AvgIpc) is 2.48. The highest BCUT2D eigenvalue weighted by Gasteiger charge is 2.16. The first-order chi connectivity index (χ1) is 9.56. The molecule has 0 bridgehead atoms. The van der Waals surface area contributed by atoms with Crippen LogP contribution in [0.5, 0.6) is 11.5 Å². The molecule has 3 nitrogen and oxygen atoms in total. The van der Waals surface area contributed by atoms with Crippen molar-refractivity contribution in [3.63, 3.8) is 0 Å². The first-order valence-corrected chi connectivity index (χ1v) is 7.79. The lowest BCUT2D eigenvalue weighted by Gasteiger charge is -2.16. The summed E-state index contributed by atoms with van der Waals surface area (Å²) >= 11 is 5.64. The molecule has 2 aromatic rings. The normalized spacial score (nSPS) is 12.1. The van der Waals surface area contributed by atoms with Gasteiger partial charge in [-0.05, 0) is 64.0 Å². The van der Waals surface area contributed by atoms with Gasteiger partial charge in [0.05, 0.1) is 14.2 Å². The molecule has 1 atom stereocenters. The fourth-order valence-electron chi connectivity index (χ4n) is 1.93. The van der Waals surface area contributed by atoms with Gasteiger partial charge in [0.15, 0.2) is 11.5 Å². The first kappa shape index (κ1) is 15.6. The summed E-state index contributed by atoms with van der Waals surface area (Å²) in [6.45, 7) is 0. The largest absolute Gasteiger partial charge is 0.493 e. The van der Waals surface area contributed by atoms with E-state index < -0.39 is 6.10 Å². The van der Waals surface area contributed by atoms with E-state index in [1.807, 2.05) is 24.3 Å². The van der Waals surface area contributed by atoms with Crippen molar-refractivity contribution in [2.75, 3.05) is 14.2 Å². The van der Waals surface area contributed by atoms with E-state index >= 15 is 0 Å². The van der Waals surface area contributed by atoms with Gasteiger partial charge in [0.2, 0.25) is 0 Å². The maximum absolute atomic E-state index is 10.6. The number of halogens is 2. The summed E-state index contributed by atoms with van der Waals surface area (Å²) in [6.07, 6.45) is -0.709. The maximum Gasteiger partial charge on any atom is 0.161 e. The van der Waals surface area contributed by atoms with Gasteiger partial charge in [-0.1, -0.05) is 22.0 Å². The predicted octanol–water partition coefficient (Wildman–Crippen LogP) is 4.15. The fraction of sp³-hybridized carbons (Fsp3) is 0.200. The molecular formula is C15H14BrIO3. The van der Waals surface area contributed by atoms with E-state index in [2.05, 4.69) is 38.5 Å². The summed E-state index contributed by atoms with van der Waals surface area (Å²) in [4.78, 5) is 0. The Balaban J connectivity index is 2.42. The van der Waals surface area contributed by atoms with Gasteiger partial charge in [0, 0.05) is 8.04 Å². The van der Waals surface area contributed by atoms with Crippen molar-refractivity contribution in [1.82, 2.24) is 0 Å². The number of aliphatic hydroxyl groups is 1. The number of hydrogen-bond donors (Lipinski definition) is 1. The van der Waals surface area contributed by atoms with Crippen LogP contribution in [0.1, 0.15) is 17.2 Å². The number of rotatable bonds is 4. The molecule has 0 radical (unpaired) electrons. The number of aliphatic hydroxyl groups excluding tert-OH is 1. The molecular weight excluding hydrogens is 435 g/mol. The Hall–Kier alpha value is -0.790. The minimum Gasteiger partial charge on any atom is -0.493 e. The molecule has 1 N–H and O–H groups in total. The number of methoxy groups -OCH3 is 2. The van der Waals surface area contributed by atoms with Gasteiger partial charge in [-0.15, -0.1) is 0 Å². The highest BCUT2D eigenvalue weighted by atomic mass is 127.